The summed E-state index contributed by atoms with van der Waals surface area (Å²) in [6.07, 6.45) is 0. The Morgan fingerprint density at radius 3 is 1.33 bits per heavy atom. The third-order valence-electron chi connectivity index (χ3n) is 9.64. The number of rotatable bonds is 4. The van der Waals surface area contributed by atoms with E-state index >= 15 is 0 Å². The van der Waals surface area contributed by atoms with E-state index in [4.69, 9.17) is 0 Å². The van der Waals surface area contributed by atoms with Crippen LogP contribution in [0.4, 0.5) is 0 Å². The zero-order valence-corrected chi connectivity index (χ0v) is 26.4. The fourth-order valence-corrected chi connectivity index (χ4v) is 7.59. The Bertz CT molecular complexity index is 2700. The molecule has 0 amide bonds. The molecule has 0 spiro atoms. The van der Waals surface area contributed by atoms with Gasteiger partial charge in [0.2, 0.25) is 0 Å². The molecular weight excluding hydrogens is 595 g/mol. The summed E-state index contributed by atoms with van der Waals surface area (Å²) < 4.78 is 2.28. The molecule has 49 heavy (non-hydrogen) atoms. The maximum absolute atomic E-state index is 10.7. The second-order valence-corrected chi connectivity index (χ2v) is 12.3. The smallest absolute Gasteiger partial charge is 0.0998 e. The summed E-state index contributed by atoms with van der Waals surface area (Å²) in [5.41, 5.74) is 9.83. The number of fused-ring (bicyclic) bond motifs is 5. The molecule has 0 saturated heterocycles. The van der Waals surface area contributed by atoms with Crippen LogP contribution in [0.3, 0.4) is 0 Å². The summed E-state index contributed by atoms with van der Waals surface area (Å²) in [6.45, 7) is 0. The molecule has 0 atom stereocenters. The third kappa shape index (κ3) is 4.42. The largest absolute Gasteiger partial charge is 0.309 e. The average Bonchev–Trinajstić information content (AvgIpc) is 3.51. The number of para-hydroxylation sites is 2. The van der Waals surface area contributed by atoms with Crippen LogP contribution in [-0.2, 0) is 0 Å². The van der Waals surface area contributed by atoms with Gasteiger partial charge in [0.05, 0.1) is 34.3 Å². The lowest BCUT2D eigenvalue weighted by Crippen LogP contribution is -1.97. The van der Waals surface area contributed by atoms with Crippen LogP contribution in [0.2, 0.25) is 0 Å². The lowest BCUT2D eigenvalue weighted by Gasteiger charge is -2.19. The van der Waals surface area contributed by atoms with Crippen LogP contribution in [0.5, 0.6) is 0 Å². The Morgan fingerprint density at radius 1 is 0.347 bits per heavy atom. The number of aromatic nitrogens is 1. The van der Waals surface area contributed by atoms with E-state index in [1.807, 2.05) is 42.5 Å². The van der Waals surface area contributed by atoms with Crippen molar-refractivity contribution in [3.05, 3.63) is 175 Å². The van der Waals surface area contributed by atoms with Crippen molar-refractivity contribution in [2.24, 2.45) is 0 Å². The first-order valence-corrected chi connectivity index (χ1v) is 16.3. The quantitative estimate of drug-likeness (QED) is 0.184. The Labute approximate surface area is 283 Å². The van der Waals surface area contributed by atoms with Crippen molar-refractivity contribution in [2.45, 2.75) is 0 Å². The highest BCUT2D eigenvalue weighted by Gasteiger charge is 2.22. The third-order valence-corrected chi connectivity index (χ3v) is 9.64. The maximum Gasteiger partial charge on any atom is 0.0998 e. The van der Waals surface area contributed by atoms with Crippen molar-refractivity contribution in [1.82, 2.24) is 4.57 Å². The van der Waals surface area contributed by atoms with Crippen molar-refractivity contribution in [2.75, 3.05) is 0 Å². The molecule has 3 heteroatoms. The standard InChI is InChI=1S/C46H27N3/c47-28-33-25-32(31-15-12-16-35(27-31)49-42-23-10-8-17-36(42)37-18-9-11-24-43(37)49)26-34(29-48)44(33)46-40-21-6-4-19-38(40)45(30-13-2-1-3-14-30)39-20-5-7-22-41(39)46/h1-27H. The molecule has 0 fully saturated rings. The Hall–Kier alpha value is -6.94. The molecular formula is C46H27N3. The van der Waals surface area contributed by atoms with Crippen LogP contribution in [0, 0.1) is 22.7 Å². The van der Waals surface area contributed by atoms with Gasteiger partial charge in [0.1, 0.15) is 0 Å². The molecule has 0 bridgehead atoms. The fraction of sp³-hybridized carbons (Fsp3) is 0. The zero-order chi connectivity index (χ0) is 32.9. The highest BCUT2D eigenvalue weighted by atomic mass is 15.0. The fourth-order valence-electron chi connectivity index (χ4n) is 7.59. The van der Waals surface area contributed by atoms with Crippen molar-refractivity contribution in [3.63, 3.8) is 0 Å². The molecule has 0 unspecified atom stereocenters. The van der Waals surface area contributed by atoms with Gasteiger partial charge in [-0.25, -0.2) is 0 Å². The van der Waals surface area contributed by atoms with Gasteiger partial charge in [-0.2, -0.15) is 10.5 Å². The molecule has 0 aliphatic rings. The van der Waals surface area contributed by atoms with Crippen LogP contribution >= 0.6 is 0 Å². The number of nitriles is 2. The van der Waals surface area contributed by atoms with E-state index in [0.29, 0.717) is 16.7 Å². The van der Waals surface area contributed by atoms with Crippen molar-refractivity contribution >= 4 is 43.4 Å². The summed E-state index contributed by atoms with van der Waals surface area (Å²) in [6, 6.07) is 61.2. The highest BCUT2D eigenvalue weighted by Crippen LogP contribution is 2.46. The van der Waals surface area contributed by atoms with Crippen LogP contribution < -0.4 is 0 Å². The Balaban J connectivity index is 1.28. The van der Waals surface area contributed by atoms with Gasteiger partial charge in [-0.05, 0) is 80.2 Å². The van der Waals surface area contributed by atoms with E-state index in [1.54, 1.807) is 0 Å². The number of benzene rings is 8. The monoisotopic (exact) mass is 621 g/mol. The minimum atomic E-state index is 0.471. The SMILES string of the molecule is N#Cc1cc(-c2cccc(-n3c4ccccc4c4ccccc43)c2)cc(C#N)c1-c1c2ccccc2c(-c2ccccc2)c2ccccc12. The molecule has 0 aliphatic heterocycles. The second kappa shape index (κ2) is 11.4. The van der Waals surface area contributed by atoms with E-state index < -0.39 is 0 Å². The topological polar surface area (TPSA) is 52.5 Å². The van der Waals surface area contributed by atoms with E-state index in [1.165, 1.54) is 10.8 Å². The van der Waals surface area contributed by atoms with Gasteiger partial charge in [-0.15, -0.1) is 0 Å². The minimum absolute atomic E-state index is 0.471. The number of nitrogens with zero attached hydrogens (tertiary/aromatic N) is 3. The molecule has 226 valence electrons. The molecule has 1 heterocycles. The Morgan fingerprint density at radius 2 is 0.796 bits per heavy atom. The van der Waals surface area contributed by atoms with Gasteiger partial charge in [0, 0.05) is 27.6 Å². The van der Waals surface area contributed by atoms with Gasteiger partial charge in [0.25, 0.3) is 0 Å². The maximum atomic E-state index is 10.7. The van der Waals surface area contributed by atoms with E-state index in [2.05, 4.69) is 138 Å². The molecule has 0 saturated carbocycles. The first-order valence-electron chi connectivity index (χ1n) is 16.3. The molecule has 1 aromatic heterocycles. The van der Waals surface area contributed by atoms with Crippen molar-refractivity contribution in [3.8, 4) is 51.2 Å². The first-order chi connectivity index (χ1) is 24.2. The number of hydrogen-bond acceptors (Lipinski definition) is 2. The van der Waals surface area contributed by atoms with E-state index in [-0.39, 0.29) is 0 Å². The van der Waals surface area contributed by atoms with Gasteiger partial charge < -0.3 is 4.57 Å². The van der Waals surface area contributed by atoms with Crippen LogP contribution in [0.25, 0.3) is 82.4 Å². The van der Waals surface area contributed by atoms with Crippen LogP contribution in [0.1, 0.15) is 11.1 Å². The van der Waals surface area contributed by atoms with Crippen molar-refractivity contribution < 1.29 is 0 Å². The minimum Gasteiger partial charge on any atom is -0.309 e. The zero-order valence-electron chi connectivity index (χ0n) is 26.4. The number of hydrogen-bond donors (Lipinski definition) is 0. The summed E-state index contributed by atoms with van der Waals surface area (Å²) in [5.74, 6) is 0. The second-order valence-electron chi connectivity index (χ2n) is 12.3. The summed E-state index contributed by atoms with van der Waals surface area (Å²) in [4.78, 5) is 0. The van der Waals surface area contributed by atoms with Crippen LogP contribution in [0.15, 0.2) is 164 Å². The molecule has 9 rings (SSSR count). The molecule has 0 radical (unpaired) electrons. The molecule has 8 aromatic carbocycles. The van der Waals surface area contributed by atoms with Gasteiger partial charge in [-0.3, -0.25) is 0 Å². The predicted octanol–water partition coefficient (Wildman–Crippen LogP) is 11.8. The van der Waals surface area contributed by atoms with Crippen LogP contribution in [-0.4, -0.2) is 4.57 Å². The molecule has 0 N–H and O–H groups in total. The van der Waals surface area contributed by atoms with Gasteiger partial charge in [0.15, 0.2) is 0 Å². The van der Waals surface area contributed by atoms with Crippen molar-refractivity contribution in [1.29, 1.82) is 10.5 Å². The lowest BCUT2D eigenvalue weighted by atomic mass is 9.82. The van der Waals surface area contributed by atoms with E-state index in [0.717, 1.165) is 66.1 Å². The van der Waals surface area contributed by atoms with Gasteiger partial charge >= 0.3 is 0 Å². The Kier molecular flexibility index (Phi) is 6.58. The van der Waals surface area contributed by atoms with E-state index in [9.17, 15) is 10.5 Å². The predicted molar refractivity (Wildman–Crippen MR) is 202 cm³/mol. The molecule has 0 aliphatic carbocycles. The molecule has 9 aromatic rings. The summed E-state index contributed by atoms with van der Waals surface area (Å²) in [5, 5.41) is 28.0. The normalized spacial score (nSPS) is 11.2. The highest BCUT2D eigenvalue weighted by molar-refractivity contribution is 6.22. The molecule has 3 nitrogen and oxygen atoms in total. The lowest BCUT2D eigenvalue weighted by molar-refractivity contribution is 1.18. The average molecular weight is 622 g/mol. The van der Waals surface area contributed by atoms with Gasteiger partial charge in [-0.1, -0.05) is 127 Å². The summed E-state index contributed by atoms with van der Waals surface area (Å²) in [7, 11) is 0. The summed E-state index contributed by atoms with van der Waals surface area (Å²) >= 11 is 0. The first kappa shape index (κ1) is 28.3.